The van der Waals surface area contributed by atoms with Crippen molar-refractivity contribution < 1.29 is 13.9 Å². The molecule has 0 spiro atoms. The second kappa shape index (κ2) is 5.34. The maximum absolute atomic E-state index is 13.3. The number of methoxy groups -OCH3 is 1. The summed E-state index contributed by atoms with van der Waals surface area (Å²) in [6.07, 6.45) is -0.517. The summed E-state index contributed by atoms with van der Waals surface area (Å²) in [7, 11) is 1.55. The first kappa shape index (κ1) is 11.5. The summed E-state index contributed by atoms with van der Waals surface area (Å²) in [6, 6.07) is 6.67. The van der Waals surface area contributed by atoms with Crippen molar-refractivity contribution in [3.8, 4) is 5.75 Å². The zero-order chi connectivity index (χ0) is 11.3. The van der Waals surface area contributed by atoms with Crippen LogP contribution in [0.5, 0.6) is 5.75 Å². The zero-order valence-corrected chi connectivity index (χ0v) is 8.81. The number of halogens is 1. The van der Waals surface area contributed by atoms with Gasteiger partial charge in [0.05, 0.1) is 7.11 Å². The molecule has 0 aromatic heterocycles. The molecule has 0 N–H and O–H groups in total. The van der Waals surface area contributed by atoms with E-state index in [4.69, 9.17) is 4.74 Å². The quantitative estimate of drug-likeness (QED) is 0.552. The molecular formula is C11H14FNO2. The molecule has 0 fully saturated rings. The number of carbonyl (C=O) groups excluding carboxylic acids is 1. The van der Waals surface area contributed by atoms with Crippen LogP contribution in [-0.4, -0.2) is 19.8 Å². The highest BCUT2D eigenvalue weighted by atomic mass is 19.1. The fraction of sp³-hybridized carbons (Fsp3) is 0.364. The van der Waals surface area contributed by atoms with E-state index in [0.717, 1.165) is 4.90 Å². The van der Waals surface area contributed by atoms with Crippen molar-refractivity contribution in [1.82, 2.24) is 0 Å². The molecule has 15 heavy (non-hydrogen) atoms. The highest BCUT2D eigenvalue weighted by molar-refractivity contribution is 5.75. The minimum absolute atomic E-state index is 0.269. The molecule has 0 saturated heterocycles. The second-order valence-corrected chi connectivity index (χ2v) is 3.05. The van der Waals surface area contributed by atoms with Gasteiger partial charge in [-0.1, -0.05) is 6.92 Å². The SMILES string of the molecule is CC[C@H](F)N(C=O)c1ccc(OC)cc1. The van der Waals surface area contributed by atoms with E-state index in [1.165, 1.54) is 0 Å². The molecule has 0 aliphatic rings. The molecule has 82 valence electrons. The molecule has 0 aliphatic heterocycles. The van der Waals surface area contributed by atoms with Gasteiger partial charge in [0, 0.05) is 5.69 Å². The van der Waals surface area contributed by atoms with Gasteiger partial charge in [0.25, 0.3) is 0 Å². The molecule has 0 heterocycles. The molecule has 0 saturated carbocycles. The van der Waals surface area contributed by atoms with E-state index in [1.54, 1.807) is 38.3 Å². The van der Waals surface area contributed by atoms with Gasteiger partial charge in [0.1, 0.15) is 5.75 Å². The van der Waals surface area contributed by atoms with E-state index in [1.807, 2.05) is 0 Å². The van der Waals surface area contributed by atoms with Crippen molar-refractivity contribution in [2.24, 2.45) is 0 Å². The molecule has 1 atom stereocenters. The summed E-state index contributed by atoms with van der Waals surface area (Å²) in [4.78, 5) is 11.8. The van der Waals surface area contributed by atoms with Crippen LogP contribution in [0.1, 0.15) is 13.3 Å². The van der Waals surface area contributed by atoms with Crippen molar-refractivity contribution in [3.05, 3.63) is 24.3 Å². The number of alkyl halides is 1. The van der Waals surface area contributed by atoms with E-state index in [0.29, 0.717) is 17.8 Å². The normalized spacial score (nSPS) is 11.9. The Kier molecular flexibility index (Phi) is 4.09. The van der Waals surface area contributed by atoms with Gasteiger partial charge in [-0.3, -0.25) is 9.69 Å². The Bertz CT molecular complexity index is 313. The van der Waals surface area contributed by atoms with E-state index in [2.05, 4.69) is 0 Å². The second-order valence-electron chi connectivity index (χ2n) is 3.05. The fourth-order valence-electron chi connectivity index (χ4n) is 1.24. The number of amides is 1. The smallest absolute Gasteiger partial charge is 0.216 e. The van der Waals surface area contributed by atoms with Crippen molar-refractivity contribution in [2.75, 3.05) is 12.0 Å². The monoisotopic (exact) mass is 211 g/mol. The molecule has 3 nitrogen and oxygen atoms in total. The van der Waals surface area contributed by atoms with Crippen LogP contribution in [0.15, 0.2) is 24.3 Å². The molecule has 1 aromatic rings. The first-order valence-corrected chi connectivity index (χ1v) is 4.74. The minimum atomic E-state index is -1.28. The summed E-state index contributed by atoms with van der Waals surface area (Å²) in [5.74, 6) is 0.677. The van der Waals surface area contributed by atoms with Gasteiger partial charge in [-0.2, -0.15) is 0 Å². The van der Waals surface area contributed by atoms with Crippen LogP contribution >= 0.6 is 0 Å². The molecular weight excluding hydrogens is 197 g/mol. The Morgan fingerprint density at radius 2 is 2.07 bits per heavy atom. The first-order valence-electron chi connectivity index (χ1n) is 4.74. The standard InChI is InChI=1S/C11H14FNO2/c1-3-11(12)13(8-14)9-4-6-10(15-2)7-5-9/h4-8,11H,3H2,1-2H3/t11-/m1/s1. The maximum atomic E-state index is 13.3. The zero-order valence-electron chi connectivity index (χ0n) is 8.81. The van der Waals surface area contributed by atoms with Crippen LogP contribution < -0.4 is 9.64 Å². The van der Waals surface area contributed by atoms with Crippen LogP contribution in [0.25, 0.3) is 0 Å². The largest absolute Gasteiger partial charge is 0.497 e. The third kappa shape index (κ3) is 2.68. The van der Waals surface area contributed by atoms with E-state index in [9.17, 15) is 9.18 Å². The molecule has 1 amide bonds. The van der Waals surface area contributed by atoms with Crippen molar-refractivity contribution in [2.45, 2.75) is 19.6 Å². The molecule has 0 bridgehead atoms. The third-order valence-corrected chi connectivity index (χ3v) is 2.12. The number of rotatable bonds is 5. The van der Waals surface area contributed by atoms with Gasteiger partial charge in [0.15, 0.2) is 6.30 Å². The van der Waals surface area contributed by atoms with Crippen LogP contribution in [-0.2, 0) is 4.79 Å². The third-order valence-electron chi connectivity index (χ3n) is 2.12. The van der Waals surface area contributed by atoms with Gasteiger partial charge in [-0.05, 0) is 30.7 Å². The first-order chi connectivity index (χ1) is 7.22. The number of nitrogens with zero attached hydrogens (tertiary/aromatic N) is 1. The molecule has 0 aliphatic carbocycles. The predicted octanol–water partition coefficient (Wildman–Crippen LogP) is 2.36. The van der Waals surface area contributed by atoms with E-state index < -0.39 is 6.30 Å². The molecule has 1 rings (SSSR count). The van der Waals surface area contributed by atoms with Crippen LogP contribution in [0.4, 0.5) is 10.1 Å². The Hall–Kier alpha value is -1.58. The van der Waals surface area contributed by atoms with Gasteiger partial charge in [-0.15, -0.1) is 0 Å². The minimum Gasteiger partial charge on any atom is -0.497 e. The topological polar surface area (TPSA) is 29.5 Å². The lowest BCUT2D eigenvalue weighted by atomic mass is 10.2. The van der Waals surface area contributed by atoms with Crippen LogP contribution in [0, 0.1) is 0 Å². The summed E-state index contributed by atoms with van der Waals surface area (Å²) in [6.45, 7) is 1.69. The van der Waals surface area contributed by atoms with Gasteiger partial charge >= 0.3 is 0 Å². The Balaban J connectivity index is 2.87. The average molecular weight is 211 g/mol. The maximum Gasteiger partial charge on any atom is 0.216 e. The van der Waals surface area contributed by atoms with Crippen LogP contribution in [0.2, 0.25) is 0 Å². The average Bonchev–Trinajstić information content (AvgIpc) is 2.30. The fourth-order valence-corrected chi connectivity index (χ4v) is 1.24. The highest BCUT2D eigenvalue weighted by Gasteiger charge is 2.14. The summed E-state index contributed by atoms with van der Waals surface area (Å²) in [5.41, 5.74) is 0.528. The summed E-state index contributed by atoms with van der Waals surface area (Å²) in [5, 5.41) is 0. The molecule has 0 radical (unpaired) electrons. The van der Waals surface area contributed by atoms with Gasteiger partial charge in [-0.25, -0.2) is 4.39 Å². The number of carbonyl (C=O) groups is 1. The Labute approximate surface area is 88.5 Å². The Morgan fingerprint density at radius 1 is 1.47 bits per heavy atom. The van der Waals surface area contributed by atoms with E-state index >= 15 is 0 Å². The summed E-state index contributed by atoms with van der Waals surface area (Å²) >= 11 is 0. The number of benzene rings is 1. The lowest BCUT2D eigenvalue weighted by Crippen LogP contribution is -2.29. The van der Waals surface area contributed by atoms with Crippen molar-refractivity contribution >= 4 is 12.1 Å². The number of ether oxygens (including phenoxy) is 1. The van der Waals surface area contributed by atoms with Gasteiger partial charge < -0.3 is 4.74 Å². The summed E-state index contributed by atoms with van der Waals surface area (Å²) < 4.78 is 18.3. The van der Waals surface area contributed by atoms with Crippen molar-refractivity contribution in [3.63, 3.8) is 0 Å². The number of hydrogen-bond donors (Lipinski definition) is 0. The van der Waals surface area contributed by atoms with Crippen LogP contribution in [0.3, 0.4) is 0 Å². The lowest BCUT2D eigenvalue weighted by molar-refractivity contribution is -0.108. The molecule has 0 unspecified atom stereocenters. The van der Waals surface area contributed by atoms with Gasteiger partial charge in [0.2, 0.25) is 6.41 Å². The predicted molar refractivity (Wildman–Crippen MR) is 56.7 cm³/mol. The highest BCUT2D eigenvalue weighted by Crippen LogP contribution is 2.21. The Morgan fingerprint density at radius 3 is 2.47 bits per heavy atom. The van der Waals surface area contributed by atoms with E-state index in [-0.39, 0.29) is 6.42 Å². The molecule has 4 heteroatoms. The van der Waals surface area contributed by atoms with Crippen molar-refractivity contribution in [1.29, 1.82) is 0 Å². The number of hydrogen-bond acceptors (Lipinski definition) is 2. The number of anilines is 1. The molecule has 1 aromatic carbocycles. The lowest BCUT2D eigenvalue weighted by Gasteiger charge is -2.20.